The van der Waals surface area contributed by atoms with Crippen LogP contribution in [0.2, 0.25) is 0 Å². The third-order valence-corrected chi connectivity index (χ3v) is 1.85. The van der Waals surface area contributed by atoms with Crippen molar-refractivity contribution in [3.8, 4) is 0 Å². The first-order valence-electron chi connectivity index (χ1n) is 4.23. The molecule has 4 heteroatoms. The van der Waals surface area contributed by atoms with E-state index in [1.807, 2.05) is 6.07 Å². The number of nitrogens with two attached hydrogens (primary N) is 1. The second-order valence-corrected chi connectivity index (χ2v) is 2.93. The average molecular weight is 192 g/mol. The molecule has 1 aromatic carbocycles. The Morgan fingerprint density at radius 1 is 1.36 bits per heavy atom. The van der Waals surface area contributed by atoms with Gasteiger partial charge in [-0.25, -0.2) is 4.79 Å². The third-order valence-electron chi connectivity index (χ3n) is 1.85. The summed E-state index contributed by atoms with van der Waals surface area (Å²) in [6.07, 6.45) is 0. The van der Waals surface area contributed by atoms with E-state index in [2.05, 4.69) is 5.32 Å². The molecule has 74 valence electrons. The highest BCUT2D eigenvalue weighted by atomic mass is 16.2. The summed E-state index contributed by atoms with van der Waals surface area (Å²) in [5.41, 5.74) is 6.32. The first kappa shape index (κ1) is 10.2. The van der Waals surface area contributed by atoms with E-state index in [1.54, 1.807) is 18.2 Å². The number of Topliss-reactive ketones (excluding diaryl/α,β-unsaturated/α-hetero) is 1. The molecule has 0 aromatic heterocycles. The first-order valence-corrected chi connectivity index (χ1v) is 4.23. The Morgan fingerprint density at radius 2 is 2.00 bits per heavy atom. The van der Waals surface area contributed by atoms with Crippen LogP contribution >= 0.6 is 0 Å². The molecule has 0 aliphatic carbocycles. The molecule has 0 radical (unpaired) electrons. The molecule has 0 unspecified atom stereocenters. The number of hydrogen-bond acceptors (Lipinski definition) is 2. The quantitative estimate of drug-likeness (QED) is 0.703. The van der Waals surface area contributed by atoms with Crippen molar-refractivity contribution in [2.75, 3.05) is 0 Å². The van der Waals surface area contributed by atoms with E-state index in [0.29, 0.717) is 5.56 Å². The number of amides is 2. The second kappa shape index (κ2) is 4.41. The van der Waals surface area contributed by atoms with Crippen molar-refractivity contribution in [3.05, 3.63) is 35.4 Å². The minimum atomic E-state index is -0.594. The highest BCUT2D eigenvalue weighted by Crippen LogP contribution is 2.08. The molecule has 0 heterocycles. The Labute approximate surface area is 82.1 Å². The Hall–Kier alpha value is -1.84. The lowest BCUT2D eigenvalue weighted by Gasteiger charge is -2.06. The Bertz CT molecular complexity index is 361. The van der Waals surface area contributed by atoms with Crippen molar-refractivity contribution in [2.24, 2.45) is 5.73 Å². The van der Waals surface area contributed by atoms with Crippen LogP contribution in [0.5, 0.6) is 0 Å². The minimum absolute atomic E-state index is 0.0214. The standard InChI is InChI=1S/C10H12N2O2/c1-7(13)9-5-3-2-4-8(9)6-12-10(11)14/h2-5H,6H2,1H3,(H3,11,12,14). The molecule has 0 spiro atoms. The number of rotatable bonds is 3. The lowest BCUT2D eigenvalue weighted by molar-refractivity contribution is 0.101. The van der Waals surface area contributed by atoms with Gasteiger partial charge in [0, 0.05) is 12.1 Å². The zero-order valence-corrected chi connectivity index (χ0v) is 7.91. The summed E-state index contributed by atoms with van der Waals surface area (Å²) in [4.78, 5) is 21.6. The van der Waals surface area contributed by atoms with Crippen LogP contribution in [0.1, 0.15) is 22.8 Å². The number of carbonyl (C=O) groups excluding carboxylic acids is 2. The van der Waals surface area contributed by atoms with Crippen LogP contribution in [0.15, 0.2) is 24.3 Å². The van der Waals surface area contributed by atoms with Crippen LogP contribution in [0.3, 0.4) is 0 Å². The van der Waals surface area contributed by atoms with Crippen LogP contribution in [-0.4, -0.2) is 11.8 Å². The largest absolute Gasteiger partial charge is 0.352 e. The van der Waals surface area contributed by atoms with Gasteiger partial charge < -0.3 is 11.1 Å². The SMILES string of the molecule is CC(=O)c1ccccc1CNC(N)=O. The van der Waals surface area contributed by atoms with Crippen LogP contribution in [0.4, 0.5) is 4.79 Å². The van der Waals surface area contributed by atoms with E-state index in [9.17, 15) is 9.59 Å². The number of nitrogens with one attached hydrogen (secondary N) is 1. The van der Waals surface area contributed by atoms with E-state index in [-0.39, 0.29) is 12.3 Å². The summed E-state index contributed by atoms with van der Waals surface area (Å²) in [6.45, 7) is 1.77. The smallest absolute Gasteiger partial charge is 0.312 e. The molecule has 0 aliphatic rings. The van der Waals surface area contributed by atoms with E-state index < -0.39 is 6.03 Å². The predicted molar refractivity (Wildman–Crippen MR) is 52.9 cm³/mol. The van der Waals surface area contributed by atoms with Gasteiger partial charge in [-0.1, -0.05) is 24.3 Å². The van der Waals surface area contributed by atoms with Crippen molar-refractivity contribution >= 4 is 11.8 Å². The molecule has 1 aromatic rings. The molecule has 1 rings (SSSR count). The molecule has 0 saturated carbocycles. The predicted octanol–water partition coefficient (Wildman–Crippen LogP) is 1.06. The fourth-order valence-electron chi connectivity index (χ4n) is 1.20. The fourth-order valence-corrected chi connectivity index (χ4v) is 1.20. The van der Waals surface area contributed by atoms with Crippen LogP contribution in [0.25, 0.3) is 0 Å². The molecule has 0 fully saturated rings. The van der Waals surface area contributed by atoms with Crippen molar-refractivity contribution in [1.29, 1.82) is 0 Å². The number of primary amides is 1. The number of hydrogen-bond donors (Lipinski definition) is 2. The summed E-state index contributed by atoms with van der Waals surface area (Å²) in [5.74, 6) is -0.0214. The van der Waals surface area contributed by atoms with E-state index in [4.69, 9.17) is 5.73 Å². The average Bonchev–Trinajstić information content (AvgIpc) is 2.15. The van der Waals surface area contributed by atoms with Gasteiger partial charge in [0.15, 0.2) is 5.78 Å². The fraction of sp³-hybridized carbons (Fsp3) is 0.200. The van der Waals surface area contributed by atoms with Crippen LogP contribution in [0, 0.1) is 0 Å². The second-order valence-electron chi connectivity index (χ2n) is 2.93. The Kier molecular flexibility index (Phi) is 3.23. The molecular weight excluding hydrogens is 180 g/mol. The number of urea groups is 1. The summed E-state index contributed by atoms with van der Waals surface area (Å²) < 4.78 is 0. The number of ketones is 1. The third kappa shape index (κ3) is 2.58. The molecular formula is C10H12N2O2. The highest BCUT2D eigenvalue weighted by Gasteiger charge is 2.05. The summed E-state index contributed by atoms with van der Waals surface area (Å²) in [5, 5.41) is 2.44. The van der Waals surface area contributed by atoms with Gasteiger partial charge >= 0.3 is 6.03 Å². The highest BCUT2D eigenvalue weighted by molar-refractivity contribution is 5.95. The normalized spacial score (nSPS) is 9.50. The molecule has 0 atom stereocenters. The van der Waals surface area contributed by atoms with E-state index in [1.165, 1.54) is 6.92 Å². The molecule has 2 amide bonds. The topological polar surface area (TPSA) is 72.2 Å². The van der Waals surface area contributed by atoms with Crippen molar-refractivity contribution in [2.45, 2.75) is 13.5 Å². The van der Waals surface area contributed by atoms with Crippen molar-refractivity contribution < 1.29 is 9.59 Å². The van der Waals surface area contributed by atoms with Gasteiger partial charge in [-0.3, -0.25) is 4.79 Å². The maximum absolute atomic E-state index is 11.2. The maximum Gasteiger partial charge on any atom is 0.312 e. The zero-order valence-electron chi connectivity index (χ0n) is 7.91. The number of benzene rings is 1. The minimum Gasteiger partial charge on any atom is -0.352 e. The van der Waals surface area contributed by atoms with Gasteiger partial charge in [-0.15, -0.1) is 0 Å². The van der Waals surface area contributed by atoms with E-state index >= 15 is 0 Å². The van der Waals surface area contributed by atoms with Gasteiger partial charge in [0.25, 0.3) is 0 Å². The van der Waals surface area contributed by atoms with Crippen molar-refractivity contribution in [3.63, 3.8) is 0 Å². The van der Waals surface area contributed by atoms with Gasteiger partial charge in [-0.2, -0.15) is 0 Å². The van der Waals surface area contributed by atoms with Crippen LogP contribution in [-0.2, 0) is 6.54 Å². The Balaban J connectivity index is 2.84. The van der Waals surface area contributed by atoms with Crippen LogP contribution < -0.4 is 11.1 Å². The van der Waals surface area contributed by atoms with Gasteiger partial charge in [0.2, 0.25) is 0 Å². The van der Waals surface area contributed by atoms with Gasteiger partial charge in [0.05, 0.1) is 0 Å². The molecule has 0 bridgehead atoms. The molecule has 0 aliphatic heterocycles. The molecule has 14 heavy (non-hydrogen) atoms. The van der Waals surface area contributed by atoms with Crippen molar-refractivity contribution in [1.82, 2.24) is 5.32 Å². The monoisotopic (exact) mass is 192 g/mol. The summed E-state index contributed by atoms with van der Waals surface area (Å²) in [6, 6.07) is 6.51. The first-order chi connectivity index (χ1) is 6.61. The molecule has 4 nitrogen and oxygen atoms in total. The summed E-state index contributed by atoms with van der Waals surface area (Å²) >= 11 is 0. The Morgan fingerprint density at radius 3 is 2.57 bits per heavy atom. The lowest BCUT2D eigenvalue weighted by Crippen LogP contribution is -2.29. The molecule has 3 N–H and O–H groups in total. The maximum atomic E-state index is 11.2. The summed E-state index contributed by atoms with van der Waals surface area (Å²) in [7, 11) is 0. The van der Waals surface area contributed by atoms with E-state index in [0.717, 1.165) is 5.56 Å². The zero-order chi connectivity index (χ0) is 10.6. The van der Waals surface area contributed by atoms with Gasteiger partial charge in [-0.05, 0) is 12.5 Å². The lowest BCUT2D eigenvalue weighted by atomic mass is 10.0. The van der Waals surface area contributed by atoms with Gasteiger partial charge in [0.1, 0.15) is 0 Å². The number of carbonyl (C=O) groups is 2. The molecule has 0 saturated heterocycles.